The molecule has 0 saturated heterocycles. The summed E-state index contributed by atoms with van der Waals surface area (Å²) in [4.78, 5) is 11.6. The van der Waals surface area contributed by atoms with Gasteiger partial charge in [0.2, 0.25) is 0 Å². The molecule has 16 heavy (non-hydrogen) atoms. The van der Waals surface area contributed by atoms with Crippen LogP contribution in [0.5, 0.6) is 0 Å². The average Bonchev–Trinajstić information content (AvgIpc) is 2.27. The quantitative estimate of drug-likeness (QED) is 0.725. The molecule has 0 fully saturated rings. The maximum atomic E-state index is 11.6. The standard InChI is InChI=1S/C12H19N3O/c1-9(2)11(8-13)15-12(16)14-10-6-4-3-5-7-10/h3-7,9,11H,8,13H2,1-2H3,(H2,14,15,16). The highest BCUT2D eigenvalue weighted by atomic mass is 16.2. The van der Waals surface area contributed by atoms with Crippen molar-refractivity contribution in [3.05, 3.63) is 30.3 Å². The van der Waals surface area contributed by atoms with E-state index in [1.54, 1.807) is 0 Å². The SMILES string of the molecule is CC(C)C(CN)NC(=O)Nc1ccccc1. The third-order valence-electron chi connectivity index (χ3n) is 2.41. The van der Waals surface area contributed by atoms with Crippen molar-refractivity contribution in [1.82, 2.24) is 5.32 Å². The lowest BCUT2D eigenvalue weighted by molar-refractivity contribution is 0.245. The zero-order chi connectivity index (χ0) is 12.0. The Morgan fingerprint density at radius 2 is 1.94 bits per heavy atom. The maximum absolute atomic E-state index is 11.6. The van der Waals surface area contributed by atoms with Gasteiger partial charge in [-0.25, -0.2) is 4.79 Å². The minimum absolute atomic E-state index is 0.00344. The van der Waals surface area contributed by atoms with Crippen LogP contribution in [0.2, 0.25) is 0 Å². The van der Waals surface area contributed by atoms with Gasteiger partial charge in [-0.3, -0.25) is 0 Å². The summed E-state index contributed by atoms with van der Waals surface area (Å²) in [6.45, 7) is 4.50. The number of hydrogen-bond donors (Lipinski definition) is 3. The molecule has 0 radical (unpaired) electrons. The molecular formula is C12H19N3O. The summed E-state index contributed by atoms with van der Waals surface area (Å²) in [6.07, 6.45) is 0. The van der Waals surface area contributed by atoms with E-state index in [9.17, 15) is 4.79 Å². The Morgan fingerprint density at radius 3 is 2.44 bits per heavy atom. The Hall–Kier alpha value is -1.55. The molecule has 4 heteroatoms. The number of nitrogens with two attached hydrogens (primary N) is 1. The number of para-hydroxylation sites is 1. The van der Waals surface area contributed by atoms with Crippen LogP contribution in [0, 0.1) is 5.92 Å². The van der Waals surface area contributed by atoms with Gasteiger partial charge < -0.3 is 16.4 Å². The van der Waals surface area contributed by atoms with Crippen LogP contribution in [-0.2, 0) is 0 Å². The van der Waals surface area contributed by atoms with Crippen molar-refractivity contribution in [3.8, 4) is 0 Å². The molecule has 0 aliphatic heterocycles. The van der Waals surface area contributed by atoms with Crippen LogP contribution in [0.15, 0.2) is 30.3 Å². The van der Waals surface area contributed by atoms with Crippen LogP contribution < -0.4 is 16.4 Å². The molecule has 1 rings (SSSR count). The molecule has 1 aromatic carbocycles. The fourth-order valence-corrected chi connectivity index (χ4v) is 1.35. The van der Waals surface area contributed by atoms with Gasteiger partial charge in [-0.1, -0.05) is 32.0 Å². The number of anilines is 1. The Bertz CT molecular complexity index is 324. The Kier molecular flexibility index (Phi) is 4.79. The molecule has 0 heterocycles. The molecule has 0 bridgehead atoms. The second-order valence-electron chi connectivity index (χ2n) is 4.05. The zero-order valence-electron chi connectivity index (χ0n) is 9.73. The van der Waals surface area contributed by atoms with Crippen LogP contribution >= 0.6 is 0 Å². The van der Waals surface area contributed by atoms with Gasteiger partial charge in [0, 0.05) is 18.3 Å². The summed E-state index contributed by atoms with van der Waals surface area (Å²) >= 11 is 0. The van der Waals surface area contributed by atoms with Crippen LogP contribution in [0.4, 0.5) is 10.5 Å². The number of hydrogen-bond acceptors (Lipinski definition) is 2. The molecule has 88 valence electrons. The van der Waals surface area contributed by atoms with Crippen LogP contribution in [-0.4, -0.2) is 18.6 Å². The largest absolute Gasteiger partial charge is 0.334 e. The van der Waals surface area contributed by atoms with Crippen LogP contribution in [0.1, 0.15) is 13.8 Å². The molecule has 4 N–H and O–H groups in total. The fourth-order valence-electron chi connectivity index (χ4n) is 1.35. The van der Waals surface area contributed by atoms with Crippen molar-refractivity contribution < 1.29 is 4.79 Å². The van der Waals surface area contributed by atoms with E-state index < -0.39 is 0 Å². The topological polar surface area (TPSA) is 67.1 Å². The van der Waals surface area contributed by atoms with Crippen molar-refractivity contribution in [1.29, 1.82) is 0 Å². The molecule has 1 aromatic rings. The first kappa shape index (κ1) is 12.5. The molecule has 0 aliphatic carbocycles. The van der Waals surface area contributed by atoms with Gasteiger partial charge >= 0.3 is 6.03 Å². The summed E-state index contributed by atoms with van der Waals surface area (Å²) in [6, 6.07) is 9.12. The first-order valence-corrected chi connectivity index (χ1v) is 5.46. The van der Waals surface area contributed by atoms with Crippen molar-refractivity contribution in [3.63, 3.8) is 0 Å². The molecule has 2 amide bonds. The number of carbonyl (C=O) groups excluding carboxylic acids is 1. The van der Waals surface area contributed by atoms with E-state index in [-0.39, 0.29) is 12.1 Å². The number of carbonyl (C=O) groups is 1. The second kappa shape index (κ2) is 6.12. The van der Waals surface area contributed by atoms with E-state index in [4.69, 9.17) is 5.73 Å². The third kappa shape index (κ3) is 3.90. The number of rotatable bonds is 4. The molecule has 0 saturated carbocycles. The molecule has 0 aliphatic rings. The number of nitrogens with one attached hydrogen (secondary N) is 2. The van der Waals surface area contributed by atoms with Gasteiger partial charge in [0.05, 0.1) is 0 Å². The summed E-state index contributed by atoms with van der Waals surface area (Å²) < 4.78 is 0. The molecular weight excluding hydrogens is 202 g/mol. The van der Waals surface area contributed by atoms with E-state index in [2.05, 4.69) is 10.6 Å². The van der Waals surface area contributed by atoms with Gasteiger partial charge in [0.1, 0.15) is 0 Å². The normalized spacial score (nSPS) is 12.2. The Labute approximate surface area is 96.2 Å². The fraction of sp³-hybridized carbons (Fsp3) is 0.417. The number of urea groups is 1. The van der Waals surface area contributed by atoms with Gasteiger partial charge in [0.15, 0.2) is 0 Å². The van der Waals surface area contributed by atoms with E-state index in [0.29, 0.717) is 12.5 Å². The van der Waals surface area contributed by atoms with Gasteiger partial charge in [0.25, 0.3) is 0 Å². The first-order chi connectivity index (χ1) is 7.63. The predicted molar refractivity (Wildman–Crippen MR) is 66.3 cm³/mol. The van der Waals surface area contributed by atoms with Gasteiger partial charge in [-0.2, -0.15) is 0 Å². The van der Waals surface area contributed by atoms with Crippen molar-refractivity contribution in [2.24, 2.45) is 11.7 Å². The highest BCUT2D eigenvalue weighted by Crippen LogP contribution is 2.05. The lowest BCUT2D eigenvalue weighted by Gasteiger charge is -2.20. The summed E-state index contributed by atoms with van der Waals surface area (Å²) in [7, 11) is 0. The first-order valence-electron chi connectivity index (χ1n) is 5.46. The predicted octanol–water partition coefficient (Wildman–Crippen LogP) is 1.79. The second-order valence-corrected chi connectivity index (χ2v) is 4.05. The minimum atomic E-state index is -0.213. The smallest absolute Gasteiger partial charge is 0.319 e. The van der Waals surface area contributed by atoms with Gasteiger partial charge in [-0.05, 0) is 18.1 Å². The van der Waals surface area contributed by atoms with E-state index in [1.165, 1.54) is 0 Å². The Balaban J connectivity index is 2.47. The Morgan fingerprint density at radius 1 is 1.31 bits per heavy atom. The zero-order valence-corrected chi connectivity index (χ0v) is 9.73. The summed E-state index contributed by atoms with van der Waals surface area (Å²) in [5.74, 6) is 0.325. The van der Waals surface area contributed by atoms with E-state index >= 15 is 0 Å². The molecule has 0 spiro atoms. The summed E-state index contributed by atoms with van der Waals surface area (Å²) in [5, 5.41) is 5.60. The molecule has 0 aromatic heterocycles. The highest BCUT2D eigenvalue weighted by Gasteiger charge is 2.13. The van der Waals surface area contributed by atoms with Crippen LogP contribution in [0.3, 0.4) is 0 Å². The minimum Gasteiger partial charge on any atom is -0.334 e. The highest BCUT2D eigenvalue weighted by molar-refractivity contribution is 5.89. The van der Waals surface area contributed by atoms with E-state index in [1.807, 2.05) is 44.2 Å². The monoisotopic (exact) mass is 221 g/mol. The van der Waals surface area contributed by atoms with Crippen molar-refractivity contribution in [2.75, 3.05) is 11.9 Å². The van der Waals surface area contributed by atoms with E-state index in [0.717, 1.165) is 5.69 Å². The average molecular weight is 221 g/mol. The molecule has 1 unspecified atom stereocenters. The third-order valence-corrected chi connectivity index (χ3v) is 2.41. The lowest BCUT2D eigenvalue weighted by Crippen LogP contribution is -2.45. The van der Waals surface area contributed by atoms with Crippen LogP contribution in [0.25, 0.3) is 0 Å². The van der Waals surface area contributed by atoms with Crippen molar-refractivity contribution >= 4 is 11.7 Å². The van der Waals surface area contributed by atoms with Crippen molar-refractivity contribution in [2.45, 2.75) is 19.9 Å². The summed E-state index contributed by atoms with van der Waals surface area (Å²) in [5.41, 5.74) is 6.35. The molecule has 1 atom stereocenters. The lowest BCUT2D eigenvalue weighted by atomic mass is 10.1. The number of amides is 2. The van der Waals surface area contributed by atoms with Gasteiger partial charge in [-0.15, -0.1) is 0 Å². The number of benzene rings is 1. The molecule has 4 nitrogen and oxygen atoms in total. The maximum Gasteiger partial charge on any atom is 0.319 e.